The van der Waals surface area contributed by atoms with Crippen molar-refractivity contribution in [2.24, 2.45) is 0 Å². The molecule has 11 nitrogen and oxygen atoms in total. The molecular formula is C17H19N3O8S. The molecule has 12 heteroatoms. The maximum Gasteiger partial charge on any atom is 0.337 e. The number of carbonyl (C=O) groups is 3. The number of rotatable bonds is 7. The minimum Gasteiger partial charge on any atom is -0.459 e. The van der Waals surface area contributed by atoms with Gasteiger partial charge < -0.3 is 9.64 Å². The van der Waals surface area contributed by atoms with E-state index in [9.17, 15) is 32.9 Å². The Morgan fingerprint density at radius 2 is 1.93 bits per heavy atom. The lowest BCUT2D eigenvalue weighted by molar-refractivity contribution is -0.384. The van der Waals surface area contributed by atoms with Crippen molar-refractivity contribution in [2.45, 2.75) is 38.1 Å². The number of β-lactam (4-membered cyclic amide) rings is 1. The summed E-state index contributed by atoms with van der Waals surface area (Å²) in [4.78, 5) is 48.3. The lowest BCUT2D eigenvalue weighted by atomic mass is 9.96. The van der Waals surface area contributed by atoms with Crippen molar-refractivity contribution in [1.82, 2.24) is 9.21 Å². The quantitative estimate of drug-likeness (QED) is 0.193. The molecular weight excluding hydrogens is 406 g/mol. The van der Waals surface area contributed by atoms with E-state index in [0.29, 0.717) is 5.56 Å². The Labute approximate surface area is 166 Å². The highest BCUT2D eigenvalue weighted by Gasteiger charge is 2.62. The number of fused-ring (bicyclic) bond motifs is 1. The summed E-state index contributed by atoms with van der Waals surface area (Å²) in [6.07, 6.45) is -0.128. The van der Waals surface area contributed by atoms with Crippen molar-refractivity contribution in [1.29, 1.82) is 0 Å². The van der Waals surface area contributed by atoms with Crippen molar-refractivity contribution in [2.75, 3.05) is 12.8 Å². The highest BCUT2D eigenvalue weighted by molar-refractivity contribution is 7.89. The Kier molecular flexibility index (Phi) is 5.41. The molecule has 2 aliphatic heterocycles. The zero-order valence-corrected chi connectivity index (χ0v) is 16.5. The van der Waals surface area contributed by atoms with E-state index < -0.39 is 50.7 Å². The molecule has 2 heterocycles. The number of nitro benzene ring substituents is 1. The Balaban J connectivity index is 1.66. The summed E-state index contributed by atoms with van der Waals surface area (Å²) < 4.78 is 30.1. The number of nitro groups is 1. The average Bonchev–Trinajstić information content (AvgIpc) is 2.99. The monoisotopic (exact) mass is 425 g/mol. The molecule has 0 saturated carbocycles. The number of sulfonamides is 1. The summed E-state index contributed by atoms with van der Waals surface area (Å²) in [6, 6.07) is 2.25. The second kappa shape index (κ2) is 7.52. The number of hydrogen-bond donors (Lipinski definition) is 0. The molecule has 0 radical (unpaired) electrons. The smallest absolute Gasteiger partial charge is 0.337 e. The van der Waals surface area contributed by atoms with Crippen LogP contribution in [0, 0.1) is 10.1 Å². The third kappa shape index (κ3) is 3.60. The van der Waals surface area contributed by atoms with Crippen LogP contribution in [-0.4, -0.2) is 71.1 Å². The van der Waals surface area contributed by atoms with Crippen LogP contribution in [0.15, 0.2) is 24.3 Å². The third-order valence-corrected chi connectivity index (χ3v) is 7.00. The molecule has 3 rings (SSSR count). The van der Waals surface area contributed by atoms with Gasteiger partial charge in [0.15, 0.2) is 11.8 Å². The molecule has 29 heavy (non-hydrogen) atoms. The third-order valence-electron chi connectivity index (χ3n) is 5.17. The number of non-ortho nitro benzene ring substituents is 1. The second-order valence-electron chi connectivity index (χ2n) is 6.78. The van der Waals surface area contributed by atoms with E-state index in [1.807, 2.05) is 0 Å². The molecule has 3 atom stereocenters. The van der Waals surface area contributed by atoms with Crippen molar-refractivity contribution in [3.8, 4) is 0 Å². The topological polar surface area (TPSA) is 144 Å². The van der Waals surface area contributed by atoms with Crippen molar-refractivity contribution in [3.63, 3.8) is 0 Å². The lowest BCUT2D eigenvalue weighted by Gasteiger charge is -2.46. The Morgan fingerprint density at radius 3 is 2.48 bits per heavy atom. The summed E-state index contributed by atoms with van der Waals surface area (Å²) >= 11 is 0. The number of nitrogens with zero attached hydrogens (tertiary/aromatic N) is 3. The lowest BCUT2D eigenvalue weighted by Crippen LogP contribution is -2.71. The molecule has 2 fully saturated rings. The fourth-order valence-electron chi connectivity index (χ4n) is 3.52. The average molecular weight is 425 g/mol. The molecule has 0 N–H and O–H groups in total. The highest BCUT2D eigenvalue weighted by Crippen LogP contribution is 2.37. The summed E-state index contributed by atoms with van der Waals surface area (Å²) in [6.45, 7) is 1.23. The van der Waals surface area contributed by atoms with Gasteiger partial charge in [0.05, 0.1) is 16.7 Å². The maximum atomic E-state index is 12.5. The van der Waals surface area contributed by atoms with E-state index in [4.69, 9.17) is 4.74 Å². The van der Waals surface area contributed by atoms with Crippen LogP contribution in [0.25, 0.3) is 0 Å². The molecule has 1 aromatic rings. The first kappa shape index (κ1) is 20.9. The summed E-state index contributed by atoms with van der Waals surface area (Å²) in [5.41, 5.74) is 0.366. The van der Waals surface area contributed by atoms with Gasteiger partial charge in [-0.3, -0.25) is 19.7 Å². The Morgan fingerprint density at radius 1 is 1.31 bits per heavy atom. The predicted octanol–water partition coefficient (Wildman–Crippen LogP) is -0.160. The SMILES string of the molecule is CCS(=O)(=O)N(C)C1C(=O)N2C(C(=O)OCc3ccc([N+](=O)[O-])cc3)C(=O)CC12. The van der Waals surface area contributed by atoms with Gasteiger partial charge >= 0.3 is 5.97 Å². The van der Waals surface area contributed by atoms with Crippen LogP contribution in [0.1, 0.15) is 18.9 Å². The molecule has 0 aromatic heterocycles. The van der Waals surface area contributed by atoms with Crippen LogP contribution in [-0.2, 0) is 35.8 Å². The summed E-state index contributed by atoms with van der Waals surface area (Å²) in [5.74, 6) is -2.22. The maximum absolute atomic E-state index is 12.5. The first-order valence-corrected chi connectivity index (χ1v) is 10.4. The number of ether oxygens (including phenoxy) is 1. The van der Waals surface area contributed by atoms with E-state index in [2.05, 4.69) is 0 Å². The number of hydrogen-bond acceptors (Lipinski definition) is 8. The van der Waals surface area contributed by atoms with Gasteiger partial charge in [-0.05, 0) is 24.6 Å². The molecule has 1 amide bonds. The van der Waals surface area contributed by atoms with Gasteiger partial charge in [0.2, 0.25) is 15.9 Å². The first-order valence-electron chi connectivity index (χ1n) is 8.79. The van der Waals surface area contributed by atoms with E-state index in [1.165, 1.54) is 38.2 Å². The van der Waals surface area contributed by atoms with E-state index in [-0.39, 0.29) is 24.5 Å². The van der Waals surface area contributed by atoms with Gasteiger partial charge in [-0.15, -0.1) is 0 Å². The number of benzene rings is 1. The first-order chi connectivity index (χ1) is 13.6. The van der Waals surface area contributed by atoms with Crippen LogP contribution in [0.4, 0.5) is 5.69 Å². The molecule has 0 spiro atoms. The van der Waals surface area contributed by atoms with Gasteiger partial charge in [-0.25, -0.2) is 13.2 Å². The van der Waals surface area contributed by atoms with Crippen molar-refractivity contribution in [3.05, 3.63) is 39.9 Å². The minimum absolute atomic E-state index is 0.114. The molecule has 3 unspecified atom stereocenters. The fraction of sp³-hybridized carbons (Fsp3) is 0.471. The molecule has 2 aliphatic rings. The largest absolute Gasteiger partial charge is 0.459 e. The normalized spacial score (nSPS) is 23.7. The molecule has 156 valence electrons. The molecule has 2 saturated heterocycles. The molecule has 1 aromatic carbocycles. The van der Waals surface area contributed by atoms with E-state index in [0.717, 1.165) is 9.21 Å². The van der Waals surface area contributed by atoms with Crippen molar-refractivity contribution >= 4 is 33.4 Å². The van der Waals surface area contributed by atoms with Crippen LogP contribution < -0.4 is 0 Å². The zero-order chi connectivity index (χ0) is 21.5. The Bertz CT molecular complexity index is 975. The summed E-state index contributed by atoms with van der Waals surface area (Å²) in [7, 11) is -2.35. The Hall–Kier alpha value is -2.86. The van der Waals surface area contributed by atoms with Crippen LogP contribution in [0.2, 0.25) is 0 Å². The molecule has 0 aliphatic carbocycles. The van der Waals surface area contributed by atoms with Gasteiger partial charge in [0.25, 0.3) is 5.69 Å². The number of amides is 1. The van der Waals surface area contributed by atoms with Crippen LogP contribution in [0.5, 0.6) is 0 Å². The van der Waals surface area contributed by atoms with Gasteiger partial charge in [0.1, 0.15) is 12.6 Å². The minimum atomic E-state index is -3.63. The highest BCUT2D eigenvalue weighted by atomic mass is 32.2. The molecule has 0 bridgehead atoms. The predicted molar refractivity (Wildman–Crippen MR) is 98.0 cm³/mol. The number of esters is 1. The zero-order valence-electron chi connectivity index (χ0n) is 15.7. The van der Waals surface area contributed by atoms with Gasteiger partial charge in [-0.1, -0.05) is 0 Å². The van der Waals surface area contributed by atoms with E-state index >= 15 is 0 Å². The number of ketones is 1. The van der Waals surface area contributed by atoms with Crippen LogP contribution >= 0.6 is 0 Å². The fourth-order valence-corrected chi connectivity index (χ4v) is 4.50. The summed E-state index contributed by atoms with van der Waals surface area (Å²) in [5, 5.41) is 10.7. The van der Waals surface area contributed by atoms with Gasteiger partial charge in [-0.2, -0.15) is 4.31 Å². The van der Waals surface area contributed by atoms with Crippen LogP contribution in [0.3, 0.4) is 0 Å². The number of Topliss-reactive ketones (excluding diaryl/α,β-unsaturated/α-hetero) is 1. The van der Waals surface area contributed by atoms with E-state index in [1.54, 1.807) is 0 Å². The number of carbonyl (C=O) groups excluding carboxylic acids is 3. The van der Waals surface area contributed by atoms with Crippen molar-refractivity contribution < 1.29 is 32.5 Å². The standard InChI is InChI=1S/C17H19N3O8S/c1-3-29(26,27)18(2)14-12-8-13(21)15(19(12)16(14)22)17(23)28-9-10-4-6-11(7-5-10)20(24)25/h4-7,12,14-15H,3,8-9H2,1-2H3. The van der Waals surface area contributed by atoms with Gasteiger partial charge in [0, 0.05) is 25.6 Å². The number of likely N-dealkylation sites (N-methyl/N-ethyl adjacent to an activating group) is 1. The second-order valence-corrected chi connectivity index (χ2v) is 9.10.